The molecule has 3 rings (SSSR count). The Hall–Kier alpha value is -1.29. The van der Waals surface area contributed by atoms with Gasteiger partial charge in [-0.2, -0.15) is 11.8 Å². The lowest BCUT2D eigenvalue weighted by atomic mass is 10.1. The van der Waals surface area contributed by atoms with Gasteiger partial charge in [-0.25, -0.2) is 9.97 Å². The summed E-state index contributed by atoms with van der Waals surface area (Å²) in [6.07, 6.45) is 5.54. The van der Waals surface area contributed by atoms with Gasteiger partial charge in [-0.3, -0.25) is 0 Å². The van der Waals surface area contributed by atoms with Crippen molar-refractivity contribution in [1.82, 2.24) is 9.97 Å². The van der Waals surface area contributed by atoms with Crippen LogP contribution in [0.2, 0.25) is 0 Å². The number of hydrogen-bond donors (Lipinski definition) is 1. The van der Waals surface area contributed by atoms with Crippen molar-refractivity contribution >= 4 is 28.5 Å². The fourth-order valence-corrected chi connectivity index (χ4v) is 4.16. The molecule has 1 aliphatic rings. The Bertz CT molecular complexity index is 599. The van der Waals surface area contributed by atoms with E-state index in [0.717, 1.165) is 22.0 Å². The number of hydrogen-bond acceptors (Lipinski definition) is 4. The summed E-state index contributed by atoms with van der Waals surface area (Å²) in [5.74, 6) is 2.18. The summed E-state index contributed by atoms with van der Waals surface area (Å²) in [6, 6.07) is 6.89. The Morgan fingerprint density at radius 1 is 1.30 bits per heavy atom. The highest BCUT2D eigenvalue weighted by molar-refractivity contribution is 7.99. The summed E-state index contributed by atoms with van der Waals surface area (Å²) >= 11 is 2.07. The van der Waals surface area contributed by atoms with Gasteiger partial charge in [0, 0.05) is 16.7 Å². The minimum atomic E-state index is 0.540. The van der Waals surface area contributed by atoms with Crippen LogP contribution in [-0.4, -0.2) is 27.0 Å². The van der Waals surface area contributed by atoms with Gasteiger partial charge in [0.05, 0.1) is 5.52 Å². The molecule has 1 aromatic carbocycles. The number of fused-ring (bicyclic) bond motifs is 1. The van der Waals surface area contributed by atoms with Crippen LogP contribution in [0.25, 0.3) is 10.9 Å². The highest BCUT2D eigenvalue weighted by Crippen LogP contribution is 2.33. The Morgan fingerprint density at radius 2 is 2.20 bits per heavy atom. The standard InChI is InChI=1S/C16H21N3S/c1-3-20-15-6-4-5-14(15)19-16-12-9-11(2)7-8-13(12)17-10-18-16/h7-10,14-15H,3-6H2,1-2H3,(H,17,18,19). The Labute approximate surface area is 124 Å². The number of anilines is 1. The van der Waals surface area contributed by atoms with Gasteiger partial charge < -0.3 is 5.32 Å². The van der Waals surface area contributed by atoms with Crippen molar-refractivity contribution in [2.75, 3.05) is 11.1 Å². The SMILES string of the molecule is CCSC1CCCC1Nc1ncnc2ccc(C)cc12. The van der Waals surface area contributed by atoms with E-state index in [1.807, 2.05) is 0 Å². The first-order valence-electron chi connectivity index (χ1n) is 7.37. The molecule has 3 nitrogen and oxygen atoms in total. The highest BCUT2D eigenvalue weighted by atomic mass is 32.2. The molecule has 0 spiro atoms. The first-order chi connectivity index (χ1) is 9.78. The van der Waals surface area contributed by atoms with Crippen LogP contribution in [0.1, 0.15) is 31.7 Å². The van der Waals surface area contributed by atoms with Gasteiger partial charge in [-0.05, 0) is 37.7 Å². The smallest absolute Gasteiger partial charge is 0.137 e. The van der Waals surface area contributed by atoms with Crippen molar-refractivity contribution in [2.24, 2.45) is 0 Å². The lowest BCUT2D eigenvalue weighted by Crippen LogP contribution is -2.26. The molecular formula is C16H21N3S. The van der Waals surface area contributed by atoms with Crippen molar-refractivity contribution in [2.45, 2.75) is 44.4 Å². The van der Waals surface area contributed by atoms with Gasteiger partial charge in [0.2, 0.25) is 0 Å². The molecule has 1 aromatic heterocycles. The summed E-state index contributed by atoms with van der Waals surface area (Å²) < 4.78 is 0. The molecular weight excluding hydrogens is 266 g/mol. The van der Waals surface area contributed by atoms with Gasteiger partial charge in [-0.15, -0.1) is 0 Å². The van der Waals surface area contributed by atoms with Crippen molar-refractivity contribution in [3.63, 3.8) is 0 Å². The third-order valence-electron chi connectivity index (χ3n) is 3.95. The van der Waals surface area contributed by atoms with Crippen LogP contribution in [0.4, 0.5) is 5.82 Å². The van der Waals surface area contributed by atoms with Crippen LogP contribution >= 0.6 is 11.8 Å². The van der Waals surface area contributed by atoms with Crippen molar-refractivity contribution in [3.05, 3.63) is 30.1 Å². The molecule has 0 bridgehead atoms. The van der Waals surface area contributed by atoms with E-state index in [2.05, 4.69) is 59.1 Å². The fourth-order valence-electron chi connectivity index (χ4n) is 2.97. The summed E-state index contributed by atoms with van der Waals surface area (Å²) in [4.78, 5) is 8.83. The van der Waals surface area contributed by atoms with Gasteiger partial charge in [-0.1, -0.05) is 25.0 Å². The topological polar surface area (TPSA) is 37.8 Å². The normalized spacial score (nSPS) is 22.3. The second kappa shape index (κ2) is 6.00. The number of aryl methyl sites for hydroxylation is 1. The van der Waals surface area contributed by atoms with E-state index < -0.39 is 0 Å². The van der Waals surface area contributed by atoms with Crippen LogP contribution in [0.5, 0.6) is 0 Å². The molecule has 0 saturated heterocycles. The van der Waals surface area contributed by atoms with Crippen LogP contribution in [0, 0.1) is 6.92 Å². The zero-order valence-corrected chi connectivity index (χ0v) is 12.9. The minimum Gasteiger partial charge on any atom is -0.366 e. The molecule has 1 saturated carbocycles. The van der Waals surface area contributed by atoms with Crippen LogP contribution in [-0.2, 0) is 0 Å². The molecule has 0 amide bonds. The van der Waals surface area contributed by atoms with Gasteiger partial charge >= 0.3 is 0 Å². The molecule has 1 aliphatic carbocycles. The fraction of sp³-hybridized carbons (Fsp3) is 0.500. The maximum Gasteiger partial charge on any atom is 0.137 e. The Morgan fingerprint density at radius 3 is 3.05 bits per heavy atom. The molecule has 20 heavy (non-hydrogen) atoms. The second-order valence-corrected chi connectivity index (χ2v) is 6.93. The van der Waals surface area contributed by atoms with E-state index in [9.17, 15) is 0 Å². The molecule has 2 aromatic rings. The number of rotatable bonds is 4. The number of nitrogens with one attached hydrogen (secondary N) is 1. The number of nitrogens with zero attached hydrogens (tertiary/aromatic N) is 2. The van der Waals surface area contributed by atoms with E-state index >= 15 is 0 Å². The first kappa shape index (κ1) is 13.7. The number of benzene rings is 1. The van der Waals surface area contributed by atoms with Crippen molar-refractivity contribution < 1.29 is 0 Å². The highest BCUT2D eigenvalue weighted by Gasteiger charge is 2.27. The average molecular weight is 287 g/mol. The summed E-state index contributed by atoms with van der Waals surface area (Å²) in [5, 5.41) is 5.53. The van der Waals surface area contributed by atoms with Gasteiger partial charge in [0.15, 0.2) is 0 Å². The molecule has 0 aliphatic heterocycles. The molecule has 1 fully saturated rings. The molecule has 1 N–H and O–H groups in total. The third-order valence-corrected chi connectivity index (χ3v) is 5.27. The van der Waals surface area contributed by atoms with E-state index in [0.29, 0.717) is 6.04 Å². The maximum absolute atomic E-state index is 4.47. The quantitative estimate of drug-likeness (QED) is 0.921. The van der Waals surface area contributed by atoms with Crippen molar-refractivity contribution in [1.29, 1.82) is 0 Å². The van der Waals surface area contributed by atoms with Gasteiger partial charge in [0.1, 0.15) is 12.1 Å². The zero-order chi connectivity index (χ0) is 13.9. The van der Waals surface area contributed by atoms with E-state index in [1.54, 1.807) is 6.33 Å². The van der Waals surface area contributed by atoms with Crippen LogP contribution in [0.15, 0.2) is 24.5 Å². The summed E-state index contributed by atoms with van der Waals surface area (Å²) in [7, 11) is 0. The molecule has 2 unspecified atom stereocenters. The van der Waals surface area contributed by atoms with E-state index in [4.69, 9.17) is 0 Å². The lowest BCUT2D eigenvalue weighted by molar-refractivity contribution is 0.763. The minimum absolute atomic E-state index is 0.540. The lowest BCUT2D eigenvalue weighted by Gasteiger charge is -2.21. The molecule has 2 atom stereocenters. The van der Waals surface area contributed by atoms with Crippen LogP contribution < -0.4 is 5.32 Å². The summed E-state index contributed by atoms with van der Waals surface area (Å²) in [5.41, 5.74) is 2.27. The van der Waals surface area contributed by atoms with Gasteiger partial charge in [0.25, 0.3) is 0 Å². The average Bonchev–Trinajstić information content (AvgIpc) is 2.87. The van der Waals surface area contributed by atoms with E-state index in [-0.39, 0.29) is 0 Å². The predicted octanol–water partition coefficient (Wildman–Crippen LogP) is 4.02. The zero-order valence-electron chi connectivity index (χ0n) is 12.1. The molecule has 4 heteroatoms. The maximum atomic E-state index is 4.47. The monoisotopic (exact) mass is 287 g/mol. The third kappa shape index (κ3) is 2.75. The summed E-state index contributed by atoms with van der Waals surface area (Å²) in [6.45, 7) is 4.35. The second-order valence-electron chi connectivity index (χ2n) is 5.42. The Kier molecular flexibility index (Phi) is 4.10. The van der Waals surface area contributed by atoms with Crippen LogP contribution in [0.3, 0.4) is 0 Å². The first-order valence-corrected chi connectivity index (χ1v) is 8.42. The predicted molar refractivity (Wildman–Crippen MR) is 87.5 cm³/mol. The molecule has 106 valence electrons. The Balaban J connectivity index is 1.88. The largest absolute Gasteiger partial charge is 0.366 e. The number of aromatic nitrogens is 2. The molecule has 0 radical (unpaired) electrons. The van der Waals surface area contributed by atoms with Crippen molar-refractivity contribution in [3.8, 4) is 0 Å². The van der Waals surface area contributed by atoms with E-state index in [1.165, 1.54) is 30.6 Å². The molecule has 1 heterocycles. The number of thioether (sulfide) groups is 1.